The number of nitrogens with one attached hydrogen (secondary N) is 1. The Morgan fingerprint density at radius 1 is 1.28 bits per heavy atom. The molecule has 1 N–H and O–H groups in total. The van der Waals surface area contributed by atoms with Crippen molar-refractivity contribution in [1.29, 1.82) is 0 Å². The van der Waals surface area contributed by atoms with Crippen LogP contribution in [0.5, 0.6) is 0 Å². The van der Waals surface area contributed by atoms with Gasteiger partial charge >= 0.3 is 5.51 Å². The second-order valence-corrected chi connectivity index (χ2v) is 4.47. The van der Waals surface area contributed by atoms with Gasteiger partial charge in [0, 0.05) is 10.6 Å². The van der Waals surface area contributed by atoms with Gasteiger partial charge in [0.15, 0.2) is 6.39 Å². The monoisotopic (exact) mass is 274 g/mol. The Labute approximate surface area is 105 Å². The predicted octanol–water partition coefficient (Wildman–Crippen LogP) is 3.90. The minimum atomic E-state index is -4.30. The second-order valence-electron chi connectivity index (χ2n) is 3.37. The van der Waals surface area contributed by atoms with E-state index in [1.54, 1.807) is 18.2 Å². The van der Waals surface area contributed by atoms with Crippen molar-refractivity contribution >= 4 is 17.4 Å². The molecule has 7 heteroatoms. The van der Waals surface area contributed by atoms with Crippen LogP contribution in [0, 0.1) is 0 Å². The van der Waals surface area contributed by atoms with E-state index in [0.717, 1.165) is 0 Å². The van der Waals surface area contributed by atoms with Crippen molar-refractivity contribution in [1.82, 2.24) is 4.98 Å². The first-order valence-corrected chi connectivity index (χ1v) is 5.82. The summed E-state index contributed by atoms with van der Waals surface area (Å²) in [6, 6.07) is 6.24. The zero-order chi connectivity index (χ0) is 13.0. The van der Waals surface area contributed by atoms with Crippen LogP contribution in [0.25, 0.3) is 0 Å². The Morgan fingerprint density at radius 3 is 2.72 bits per heavy atom. The highest BCUT2D eigenvalue weighted by molar-refractivity contribution is 8.00. The summed E-state index contributed by atoms with van der Waals surface area (Å²) < 4.78 is 42.0. The molecule has 18 heavy (non-hydrogen) atoms. The van der Waals surface area contributed by atoms with Gasteiger partial charge < -0.3 is 9.73 Å². The van der Waals surface area contributed by atoms with Crippen molar-refractivity contribution < 1.29 is 17.6 Å². The molecule has 96 valence electrons. The summed E-state index contributed by atoms with van der Waals surface area (Å²) >= 11 is -0.144. The molecule has 0 radical (unpaired) electrons. The standard InChI is InChI=1S/C11H9F3N2OS/c12-11(13,14)18-10-4-2-1-3-9(10)16-6-8-5-15-7-17-8/h1-5,7,16H,6H2. The van der Waals surface area contributed by atoms with Gasteiger partial charge in [0.05, 0.1) is 12.7 Å². The number of oxazole rings is 1. The topological polar surface area (TPSA) is 38.1 Å². The molecule has 2 aromatic rings. The Hall–Kier alpha value is -1.63. The Bertz CT molecular complexity index is 499. The molecule has 0 unspecified atom stereocenters. The van der Waals surface area contributed by atoms with Crippen LogP contribution in [0.4, 0.5) is 18.9 Å². The summed E-state index contributed by atoms with van der Waals surface area (Å²) in [5.74, 6) is 0.557. The van der Waals surface area contributed by atoms with E-state index in [2.05, 4.69) is 10.3 Å². The fraction of sp³-hybridized carbons (Fsp3) is 0.182. The molecule has 0 aliphatic rings. The molecular weight excluding hydrogens is 265 g/mol. The number of nitrogens with zero attached hydrogens (tertiary/aromatic N) is 1. The van der Waals surface area contributed by atoms with Crippen molar-refractivity contribution in [2.75, 3.05) is 5.32 Å². The minimum Gasteiger partial charge on any atom is -0.447 e. The number of para-hydroxylation sites is 1. The maximum atomic E-state index is 12.3. The van der Waals surface area contributed by atoms with Gasteiger partial charge in [-0.05, 0) is 23.9 Å². The maximum Gasteiger partial charge on any atom is 0.446 e. The molecule has 1 heterocycles. The molecule has 1 aromatic carbocycles. The number of alkyl halides is 3. The van der Waals surface area contributed by atoms with Crippen molar-refractivity contribution in [2.45, 2.75) is 16.9 Å². The van der Waals surface area contributed by atoms with E-state index in [-0.39, 0.29) is 23.2 Å². The van der Waals surface area contributed by atoms with Crippen LogP contribution in [-0.4, -0.2) is 10.5 Å². The highest BCUT2D eigenvalue weighted by Crippen LogP contribution is 2.40. The summed E-state index contributed by atoms with van der Waals surface area (Å²) in [5.41, 5.74) is -3.89. The van der Waals surface area contributed by atoms with E-state index in [1.807, 2.05) is 0 Å². The minimum absolute atomic E-state index is 0.129. The van der Waals surface area contributed by atoms with E-state index in [1.165, 1.54) is 18.7 Å². The summed E-state index contributed by atoms with van der Waals surface area (Å²) in [5, 5.41) is 2.88. The van der Waals surface area contributed by atoms with E-state index < -0.39 is 5.51 Å². The highest BCUT2D eigenvalue weighted by Gasteiger charge is 2.30. The third kappa shape index (κ3) is 3.69. The van der Waals surface area contributed by atoms with Gasteiger partial charge in [-0.1, -0.05) is 12.1 Å². The average molecular weight is 274 g/mol. The zero-order valence-electron chi connectivity index (χ0n) is 9.07. The molecule has 0 aliphatic carbocycles. The molecule has 0 atom stereocenters. The summed E-state index contributed by atoms with van der Waals surface area (Å²) in [4.78, 5) is 3.85. The number of anilines is 1. The number of aromatic nitrogens is 1. The Balaban J connectivity index is 2.07. The van der Waals surface area contributed by atoms with Gasteiger partial charge in [0.2, 0.25) is 0 Å². The molecule has 1 aromatic heterocycles. The largest absolute Gasteiger partial charge is 0.447 e. The lowest BCUT2D eigenvalue weighted by molar-refractivity contribution is -0.0327. The lowest BCUT2D eigenvalue weighted by atomic mass is 10.3. The van der Waals surface area contributed by atoms with Crippen molar-refractivity contribution in [3.8, 4) is 0 Å². The molecule has 0 spiro atoms. The first kappa shape index (κ1) is 12.8. The fourth-order valence-corrected chi connectivity index (χ4v) is 1.98. The van der Waals surface area contributed by atoms with Crippen LogP contribution in [0.2, 0.25) is 0 Å². The van der Waals surface area contributed by atoms with Gasteiger partial charge in [0.1, 0.15) is 5.76 Å². The van der Waals surface area contributed by atoms with Gasteiger partial charge in [-0.3, -0.25) is 0 Å². The van der Waals surface area contributed by atoms with Crippen LogP contribution in [-0.2, 0) is 6.54 Å². The lowest BCUT2D eigenvalue weighted by Gasteiger charge is -2.11. The maximum absolute atomic E-state index is 12.3. The van der Waals surface area contributed by atoms with Gasteiger partial charge in [-0.25, -0.2) is 4.98 Å². The number of rotatable bonds is 4. The highest BCUT2D eigenvalue weighted by atomic mass is 32.2. The molecule has 0 amide bonds. The molecule has 0 saturated carbocycles. The SMILES string of the molecule is FC(F)(F)Sc1ccccc1NCc1cnco1. The summed E-state index contributed by atoms with van der Waals surface area (Å²) in [6.07, 6.45) is 2.78. The van der Waals surface area contributed by atoms with E-state index in [9.17, 15) is 13.2 Å². The molecule has 0 bridgehead atoms. The molecule has 0 fully saturated rings. The van der Waals surface area contributed by atoms with Gasteiger partial charge in [-0.15, -0.1) is 0 Å². The van der Waals surface area contributed by atoms with Gasteiger partial charge in [0.25, 0.3) is 0 Å². The van der Waals surface area contributed by atoms with Crippen LogP contribution in [0.1, 0.15) is 5.76 Å². The quantitative estimate of drug-likeness (QED) is 0.858. The number of hydrogen-bond donors (Lipinski definition) is 1. The van der Waals surface area contributed by atoms with Gasteiger partial charge in [-0.2, -0.15) is 13.2 Å². The fourth-order valence-electron chi connectivity index (χ4n) is 1.34. The van der Waals surface area contributed by atoms with E-state index >= 15 is 0 Å². The number of halogens is 3. The molecule has 2 rings (SSSR count). The lowest BCUT2D eigenvalue weighted by Crippen LogP contribution is -2.03. The average Bonchev–Trinajstić information content (AvgIpc) is 2.79. The Kier molecular flexibility index (Phi) is 3.81. The van der Waals surface area contributed by atoms with Crippen LogP contribution >= 0.6 is 11.8 Å². The summed E-state index contributed by atoms with van der Waals surface area (Å²) in [6.45, 7) is 0.287. The van der Waals surface area contributed by atoms with E-state index in [0.29, 0.717) is 11.4 Å². The van der Waals surface area contributed by atoms with Crippen LogP contribution in [0.15, 0.2) is 46.2 Å². The number of hydrogen-bond acceptors (Lipinski definition) is 4. The van der Waals surface area contributed by atoms with Crippen LogP contribution < -0.4 is 5.32 Å². The van der Waals surface area contributed by atoms with E-state index in [4.69, 9.17) is 4.42 Å². The zero-order valence-corrected chi connectivity index (χ0v) is 9.89. The molecule has 0 aliphatic heterocycles. The van der Waals surface area contributed by atoms with Crippen LogP contribution in [0.3, 0.4) is 0 Å². The summed E-state index contributed by atoms with van der Waals surface area (Å²) in [7, 11) is 0. The number of benzene rings is 1. The van der Waals surface area contributed by atoms with Crippen molar-refractivity contribution in [3.63, 3.8) is 0 Å². The third-order valence-electron chi connectivity index (χ3n) is 2.05. The third-order valence-corrected chi connectivity index (χ3v) is 2.86. The van der Waals surface area contributed by atoms with Crippen molar-refractivity contribution in [3.05, 3.63) is 42.6 Å². The molecular formula is C11H9F3N2OS. The number of thioether (sulfide) groups is 1. The molecule has 3 nitrogen and oxygen atoms in total. The Morgan fingerprint density at radius 2 is 2.06 bits per heavy atom. The smallest absolute Gasteiger partial charge is 0.446 e. The first-order chi connectivity index (χ1) is 8.54. The second kappa shape index (κ2) is 5.34. The van der Waals surface area contributed by atoms with Crippen molar-refractivity contribution in [2.24, 2.45) is 0 Å². The molecule has 0 saturated heterocycles. The first-order valence-electron chi connectivity index (χ1n) is 5.00. The predicted molar refractivity (Wildman–Crippen MR) is 62.2 cm³/mol. The normalized spacial score (nSPS) is 11.5.